The van der Waals surface area contributed by atoms with E-state index in [0.717, 1.165) is 41.8 Å². The Hall–Kier alpha value is -5.32. The van der Waals surface area contributed by atoms with Gasteiger partial charge >= 0.3 is 0 Å². The number of allylic oxidation sites excluding steroid dienone is 1. The molecule has 2 amide bonds. The number of para-hydroxylation sites is 1. The van der Waals surface area contributed by atoms with Gasteiger partial charge in [0.2, 0.25) is 11.8 Å². The summed E-state index contributed by atoms with van der Waals surface area (Å²) in [5.41, 5.74) is 5.83. The van der Waals surface area contributed by atoms with Crippen LogP contribution in [0.25, 0.3) is 6.08 Å². The van der Waals surface area contributed by atoms with Crippen LogP contribution in [0.1, 0.15) is 64.9 Å². The second-order valence-electron chi connectivity index (χ2n) is 17.0. The van der Waals surface area contributed by atoms with Gasteiger partial charge in [0.1, 0.15) is 18.1 Å². The number of fused-ring (bicyclic) bond motifs is 3. The van der Waals surface area contributed by atoms with E-state index in [1.165, 1.54) is 20.8 Å². The van der Waals surface area contributed by atoms with Crippen LogP contribution in [0, 0.1) is 17.8 Å². The normalized spacial score (nSPS) is 20.9. The van der Waals surface area contributed by atoms with Crippen LogP contribution >= 0.6 is 0 Å². The van der Waals surface area contributed by atoms with Crippen molar-refractivity contribution in [3.05, 3.63) is 156 Å². The average molecular weight is 807 g/mol. The monoisotopic (exact) mass is 806 g/mol. The summed E-state index contributed by atoms with van der Waals surface area (Å²) in [6.45, 7) is 9.54. The fourth-order valence-corrected chi connectivity index (χ4v) is 14.2. The van der Waals surface area contributed by atoms with Gasteiger partial charge in [-0.2, -0.15) is 0 Å². The summed E-state index contributed by atoms with van der Waals surface area (Å²) >= 11 is 0. The Bertz CT molecular complexity index is 2270. The number of aliphatic hydroxyl groups excluding tert-OH is 1. The number of rotatable bonds is 14. The predicted molar refractivity (Wildman–Crippen MR) is 236 cm³/mol. The van der Waals surface area contributed by atoms with E-state index in [2.05, 4.69) is 87.6 Å². The van der Waals surface area contributed by atoms with Crippen molar-refractivity contribution in [1.82, 2.24) is 0 Å². The van der Waals surface area contributed by atoms with E-state index in [1.807, 2.05) is 72.8 Å². The van der Waals surface area contributed by atoms with Crippen LogP contribution < -0.4 is 20.6 Å². The molecule has 3 aliphatic rings. The van der Waals surface area contributed by atoms with Gasteiger partial charge < -0.3 is 24.0 Å². The second-order valence-corrected chi connectivity index (χ2v) is 21.3. The van der Waals surface area contributed by atoms with Gasteiger partial charge in [-0.3, -0.25) is 14.5 Å². The number of ether oxygens (including phenoxy) is 1. The number of nitrogens with one attached hydrogen (secondary N) is 1. The van der Waals surface area contributed by atoms with Crippen molar-refractivity contribution >= 4 is 53.6 Å². The molecule has 8 nitrogen and oxygen atoms in total. The molecule has 8 rings (SSSR count). The molecule has 2 aliphatic heterocycles. The van der Waals surface area contributed by atoms with Crippen LogP contribution in [-0.2, 0) is 25.4 Å². The van der Waals surface area contributed by atoms with Crippen molar-refractivity contribution in [2.45, 2.75) is 71.1 Å². The Morgan fingerprint density at radius 2 is 1.46 bits per heavy atom. The molecule has 304 valence electrons. The number of nitrogens with zero attached hydrogens (tertiary/aromatic N) is 1. The molecule has 0 spiro atoms. The largest absolute Gasteiger partial charge is 0.459 e. The number of hydrogen-bond acceptors (Lipinski definition) is 7. The first-order chi connectivity index (χ1) is 28.6. The SMILES string of the molecule is CC/C(=C\c1ccc(CO)o1)CC[C@H]1OC[C@H]2C1=C(CO[Si](c1ccccc1)(c1ccccc1)C(C)(C)C)C[C@H]1C(=O)N(c3ccc(Nc4ccccc4)cc3)C(=O)[C@H]12. The lowest BCUT2D eigenvalue weighted by molar-refractivity contribution is -0.122. The maximum atomic E-state index is 14.6. The van der Waals surface area contributed by atoms with Crippen LogP contribution in [0.3, 0.4) is 0 Å². The van der Waals surface area contributed by atoms with Crippen molar-refractivity contribution in [3.8, 4) is 0 Å². The van der Waals surface area contributed by atoms with Gasteiger partial charge in [-0.1, -0.05) is 112 Å². The number of carbonyl (C=O) groups is 2. The summed E-state index contributed by atoms with van der Waals surface area (Å²) in [7, 11) is -2.93. The van der Waals surface area contributed by atoms with Gasteiger partial charge in [-0.25, -0.2) is 0 Å². The van der Waals surface area contributed by atoms with E-state index in [1.54, 1.807) is 6.07 Å². The van der Waals surface area contributed by atoms with Crippen LogP contribution in [0.15, 0.2) is 149 Å². The van der Waals surface area contributed by atoms with Crippen molar-refractivity contribution in [1.29, 1.82) is 0 Å². The lowest BCUT2D eigenvalue weighted by Crippen LogP contribution is -2.66. The average Bonchev–Trinajstić information content (AvgIpc) is 3.96. The Morgan fingerprint density at radius 3 is 2.05 bits per heavy atom. The molecule has 9 heteroatoms. The maximum absolute atomic E-state index is 14.6. The Labute approximate surface area is 348 Å². The minimum atomic E-state index is -2.93. The van der Waals surface area contributed by atoms with Crippen molar-refractivity contribution < 1.29 is 28.3 Å². The van der Waals surface area contributed by atoms with Gasteiger partial charge in [-0.15, -0.1) is 0 Å². The van der Waals surface area contributed by atoms with Gasteiger partial charge in [0.15, 0.2) is 0 Å². The van der Waals surface area contributed by atoms with E-state index in [4.69, 9.17) is 13.6 Å². The zero-order chi connectivity index (χ0) is 41.1. The number of furan rings is 1. The summed E-state index contributed by atoms with van der Waals surface area (Å²) in [5.74, 6) is -0.324. The molecule has 0 bridgehead atoms. The summed E-state index contributed by atoms with van der Waals surface area (Å²) in [5, 5.41) is 15.1. The highest BCUT2D eigenvalue weighted by Gasteiger charge is 2.58. The summed E-state index contributed by atoms with van der Waals surface area (Å²) in [6, 6.07) is 42.4. The maximum Gasteiger partial charge on any atom is 0.261 e. The second kappa shape index (κ2) is 17.1. The lowest BCUT2D eigenvalue weighted by atomic mass is 9.69. The van der Waals surface area contributed by atoms with Gasteiger partial charge in [0.25, 0.3) is 8.32 Å². The highest BCUT2D eigenvalue weighted by Crippen LogP contribution is 2.51. The third-order valence-electron chi connectivity index (χ3n) is 12.4. The van der Waals surface area contributed by atoms with Gasteiger partial charge in [-0.05, 0) is 107 Å². The van der Waals surface area contributed by atoms with Gasteiger partial charge in [0.05, 0.1) is 36.8 Å². The smallest absolute Gasteiger partial charge is 0.261 e. The standard InChI is InChI=1S/C50H54N2O6Si/c1-5-34(29-39-26-27-40(31-53)58-39)21-28-45-46-35(32-57-59(50(2,3)4,41-17-11-7-12-18-41)42-19-13-8-14-20-42)30-43-47(44(46)33-56-45)49(55)52(48(43)54)38-24-22-37(23-25-38)51-36-15-9-6-10-16-36/h6-20,22-27,29,43-45,47,51,53H,5,21,28,30-33H2,1-4H3/b34-29+/t43-,44+,45-,47-/m1/s1. The third-order valence-corrected chi connectivity index (χ3v) is 17.4. The van der Waals surface area contributed by atoms with E-state index in [0.29, 0.717) is 36.8 Å². The van der Waals surface area contributed by atoms with Crippen LogP contribution in [0.2, 0.25) is 5.04 Å². The van der Waals surface area contributed by atoms with Gasteiger partial charge in [0, 0.05) is 17.3 Å². The van der Waals surface area contributed by atoms with E-state index >= 15 is 0 Å². The van der Waals surface area contributed by atoms with Crippen LogP contribution in [0.5, 0.6) is 0 Å². The Morgan fingerprint density at radius 1 is 0.831 bits per heavy atom. The Kier molecular flexibility index (Phi) is 11.7. The summed E-state index contributed by atoms with van der Waals surface area (Å²) in [6.07, 6.45) is 4.60. The Balaban J connectivity index is 1.13. The fraction of sp³-hybridized carbons (Fsp3) is 0.320. The minimum Gasteiger partial charge on any atom is -0.459 e. The molecule has 4 aromatic carbocycles. The molecule has 0 radical (unpaired) electrons. The zero-order valence-corrected chi connectivity index (χ0v) is 35.4. The molecule has 2 saturated heterocycles. The number of aliphatic hydroxyl groups is 1. The summed E-state index contributed by atoms with van der Waals surface area (Å²) in [4.78, 5) is 30.6. The van der Waals surface area contributed by atoms with Crippen molar-refractivity contribution in [2.75, 3.05) is 23.4 Å². The topological polar surface area (TPSA) is 101 Å². The number of imide groups is 1. The first-order valence-corrected chi connectivity index (χ1v) is 22.8. The molecule has 0 saturated carbocycles. The highest BCUT2D eigenvalue weighted by molar-refractivity contribution is 6.99. The molecule has 3 heterocycles. The number of amides is 2. The molecule has 4 atom stereocenters. The zero-order valence-electron chi connectivity index (χ0n) is 34.4. The molecule has 1 aliphatic carbocycles. The first kappa shape index (κ1) is 40.5. The quantitative estimate of drug-likeness (QED) is 0.0656. The lowest BCUT2D eigenvalue weighted by Gasteiger charge is -2.44. The number of hydrogen-bond donors (Lipinski definition) is 2. The molecule has 5 aromatic rings. The molecular weight excluding hydrogens is 753 g/mol. The first-order valence-electron chi connectivity index (χ1n) is 20.9. The molecule has 2 fully saturated rings. The van der Waals surface area contributed by atoms with E-state index in [-0.39, 0.29) is 35.5 Å². The van der Waals surface area contributed by atoms with E-state index in [9.17, 15) is 14.7 Å². The fourth-order valence-electron chi connectivity index (χ4n) is 9.62. The molecule has 59 heavy (non-hydrogen) atoms. The number of benzene rings is 4. The molecule has 0 unspecified atom stereocenters. The third kappa shape index (κ3) is 7.92. The van der Waals surface area contributed by atoms with Crippen LogP contribution in [0.4, 0.5) is 17.1 Å². The molecule has 2 N–H and O–H groups in total. The number of anilines is 3. The number of carbonyl (C=O) groups excluding carboxylic acids is 2. The van der Waals surface area contributed by atoms with Crippen LogP contribution in [-0.4, -0.2) is 44.6 Å². The molecule has 1 aromatic heterocycles. The highest BCUT2D eigenvalue weighted by atomic mass is 28.4. The molecular formula is C50H54N2O6Si. The van der Waals surface area contributed by atoms with Crippen molar-refractivity contribution in [3.63, 3.8) is 0 Å². The van der Waals surface area contributed by atoms with E-state index < -0.39 is 20.2 Å². The minimum absolute atomic E-state index is 0.142. The van der Waals surface area contributed by atoms with Crippen molar-refractivity contribution in [2.24, 2.45) is 17.8 Å². The predicted octanol–water partition coefficient (Wildman–Crippen LogP) is 9.19. The summed E-state index contributed by atoms with van der Waals surface area (Å²) < 4.78 is 20.0.